The summed E-state index contributed by atoms with van der Waals surface area (Å²) in [7, 11) is 0. The number of fused-ring (bicyclic) bond motifs is 1. The number of hydrogen-bond donors (Lipinski definition) is 0. The second-order valence-electron chi connectivity index (χ2n) is 6.74. The molecule has 0 unspecified atom stereocenters. The third kappa shape index (κ3) is 3.08. The minimum Gasteiger partial charge on any atom is -0.305 e. The van der Waals surface area contributed by atoms with E-state index in [2.05, 4.69) is 65.3 Å². The van der Waals surface area contributed by atoms with Crippen LogP contribution in [0.5, 0.6) is 0 Å². The van der Waals surface area contributed by atoms with Crippen molar-refractivity contribution in [1.29, 1.82) is 0 Å². The molecule has 0 radical (unpaired) electrons. The van der Waals surface area contributed by atoms with Crippen molar-refractivity contribution in [1.82, 2.24) is 9.38 Å². The maximum Gasteiger partial charge on any atom is 0.145 e. The summed E-state index contributed by atoms with van der Waals surface area (Å²) in [6.45, 7) is 0. The van der Waals surface area contributed by atoms with E-state index < -0.39 is 0 Å². The van der Waals surface area contributed by atoms with Gasteiger partial charge in [0.05, 0.1) is 5.69 Å². The van der Waals surface area contributed by atoms with Gasteiger partial charge in [0.2, 0.25) is 0 Å². The van der Waals surface area contributed by atoms with Crippen LogP contribution in [0.25, 0.3) is 39.2 Å². The number of halogens is 1. The minimum atomic E-state index is 0.731. The zero-order valence-corrected chi connectivity index (χ0v) is 15.8. The largest absolute Gasteiger partial charge is 0.305 e. The molecule has 2 heterocycles. The van der Waals surface area contributed by atoms with Gasteiger partial charge in [0.1, 0.15) is 5.65 Å². The molecule has 5 rings (SSSR count). The average Bonchev–Trinajstić information content (AvgIpc) is 3.19. The molecule has 0 aliphatic rings. The molecule has 0 aliphatic carbocycles. The van der Waals surface area contributed by atoms with E-state index in [0.29, 0.717) is 0 Å². The van der Waals surface area contributed by atoms with Crippen molar-refractivity contribution in [3.05, 3.63) is 108 Å². The summed E-state index contributed by atoms with van der Waals surface area (Å²) < 4.78 is 2.11. The first-order valence-electron chi connectivity index (χ1n) is 9.17. The zero-order chi connectivity index (χ0) is 18.9. The van der Waals surface area contributed by atoms with Gasteiger partial charge >= 0.3 is 0 Å². The van der Waals surface area contributed by atoms with Crippen molar-refractivity contribution in [3.8, 4) is 33.5 Å². The van der Waals surface area contributed by atoms with Gasteiger partial charge in [0.15, 0.2) is 0 Å². The van der Waals surface area contributed by atoms with Crippen molar-refractivity contribution in [2.24, 2.45) is 0 Å². The molecule has 0 aliphatic heterocycles. The minimum absolute atomic E-state index is 0.731. The van der Waals surface area contributed by atoms with Crippen LogP contribution in [0, 0.1) is 0 Å². The molecule has 28 heavy (non-hydrogen) atoms. The van der Waals surface area contributed by atoms with E-state index in [1.807, 2.05) is 42.5 Å². The van der Waals surface area contributed by atoms with Gasteiger partial charge in [-0.3, -0.25) is 0 Å². The lowest BCUT2D eigenvalue weighted by atomic mass is 10.0. The van der Waals surface area contributed by atoms with Crippen molar-refractivity contribution in [2.45, 2.75) is 0 Å². The van der Waals surface area contributed by atoms with E-state index in [4.69, 9.17) is 16.6 Å². The van der Waals surface area contributed by atoms with Crippen molar-refractivity contribution in [2.75, 3.05) is 0 Å². The van der Waals surface area contributed by atoms with Crippen molar-refractivity contribution in [3.63, 3.8) is 0 Å². The van der Waals surface area contributed by atoms with Gasteiger partial charge < -0.3 is 4.40 Å². The molecular weight excluding hydrogens is 364 g/mol. The van der Waals surface area contributed by atoms with E-state index in [1.165, 1.54) is 0 Å². The van der Waals surface area contributed by atoms with Crippen LogP contribution in [0.15, 0.2) is 103 Å². The molecule has 2 nitrogen and oxygen atoms in total. The highest BCUT2D eigenvalue weighted by Gasteiger charge is 2.12. The molecule has 0 spiro atoms. The summed E-state index contributed by atoms with van der Waals surface area (Å²) in [4.78, 5) is 4.95. The zero-order valence-electron chi connectivity index (χ0n) is 15.1. The van der Waals surface area contributed by atoms with Gasteiger partial charge in [-0.05, 0) is 34.9 Å². The molecule has 5 aromatic rings. The Kier molecular flexibility index (Phi) is 4.19. The number of benzene rings is 3. The maximum atomic E-state index is 6.23. The Hall–Kier alpha value is -3.36. The Labute approximate surface area is 168 Å². The van der Waals surface area contributed by atoms with Gasteiger partial charge in [-0.15, -0.1) is 0 Å². The highest BCUT2D eigenvalue weighted by atomic mass is 35.5. The van der Waals surface area contributed by atoms with Gasteiger partial charge in [-0.1, -0.05) is 84.4 Å². The number of pyridine rings is 1. The highest BCUT2D eigenvalue weighted by molar-refractivity contribution is 6.30. The summed E-state index contributed by atoms with van der Waals surface area (Å²) in [6, 6.07) is 30.8. The topological polar surface area (TPSA) is 17.3 Å². The lowest BCUT2D eigenvalue weighted by molar-refractivity contribution is 1.19. The van der Waals surface area contributed by atoms with Gasteiger partial charge in [0, 0.05) is 28.5 Å². The molecule has 3 aromatic carbocycles. The lowest BCUT2D eigenvalue weighted by Crippen LogP contribution is -1.91. The Morgan fingerprint density at radius 2 is 1.29 bits per heavy atom. The van der Waals surface area contributed by atoms with E-state index in [-0.39, 0.29) is 0 Å². The van der Waals surface area contributed by atoms with Crippen molar-refractivity contribution >= 4 is 17.2 Å². The van der Waals surface area contributed by atoms with Crippen LogP contribution < -0.4 is 0 Å². The predicted octanol–water partition coefficient (Wildman–Crippen LogP) is 6.99. The number of rotatable bonds is 3. The van der Waals surface area contributed by atoms with Gasteiger partial charge in [-0.2, -0.15) is 0 Å². The summed E-state index contributed by atoms with van der Waals surface area (Å²) in [6.07, 6.45) is 4.21. The molecule has 0 bridgehead atoms. The second kappa shape index (κ2) is 6.99. The first kappa shape index (κ1) is 16.8. The molecule has 0 amide bonds. The quantitative estimate of drug-likeness (QED) is 0.329. The Morgan fingerprint density at radius 1 is 0.607 bits per heavy atom. The van der Waals surface area contributed by atoms with Crippen molar-refractivity contribution < 1.29 is 0 Å². The predicted molar refractivity (Wildman–Crippen MR) is 117 cm³/mol. The van der Waals surface area contributed by atoms with E-state index in [9.17, 15) is 0 Å². The van der Waals surface area contributed by atoms with Crippen LogP contribution in [0.1, 0.15) is 0 Å². The average molecular weight is 381 g/mol. The Bertz CT molecular complexity index is 1260. The number of imidazole rings is 1. The molecule has 0 saturated heterocycles. The summed E-state index contributed by atoms with van der Waals surface area (Å²) in [5, 5.41) is 0.731. The summed E-state index contributed by atoms with van der Waals surface area (Å²) in [5.74, 6) is 0. The van der Waals surface area contributed by atoms with Crippen LogP contribution in [0.2, 0.25) is 5.02 Å². The van der Waals surface area contributed by atoms with Crippen LogP contribution in [0.3, 0.4) is 0 Å². The van der Waals surface area contributed by atoms with E-state index >= 15 is 0 Å². The molecule has 0 saturated carbocycles. The highest BCUT2D eigenvalue weighted by Crippen LogP contribution is 2.32. The van der Waals surface area contributed by atoms with Crippen LogP contribution in [-0.4, -0.2) is 9.38 Å². The molecule has 134 valence electrons. The summed E-state index contributed by atoms with van der Waals surface area (Å²) in [5.41, 5.74) is 7.43. The fraction of sp³-hybridized carbons (Fsp3) is 0. The smallest absolute Gasteiger partial charge is 0.145 e. The van der Waals surface area contributed by atoms with Gasteiger partial charge in [-0.25, -0.2) is 4.98 Å². The maximum absolute atomic E-state index is 6.23. The fourth-order valence-corrected chi connectivity index (χ4v) is 3.69. The third-order valence-electron chi connectivity index (χ3n) is 4.86. The fourth-order valence-electron chi connectivity index (χ4n) is 3.50. The third-order valence-corrected chi connectivity index (χ3v) is 5.10. The number of hydrogen-bond acceptors (Lipinski definition) is 1. The van der Waals surface area contributed by atoms with E-state index in [0.717, 1.165) is 44.2 Å². The van der Waals surface area contributed by atoms with Crippen LogP contribution in [-0.2, 0) is 0 Å². The molecule has 0 atom stereocenters. The lowest BCUT2D eigenvalue weighted by Gasteiger charge is -2.09. The SMILES string of the molecule is Clc1cccc(-c2cc(-c3ccccc3)c3nc(-c4ccccc4)cn3c2)c1. The van der Waals surface area contributed by atoms with Gasteiger partial charge in [0.25, 0.3) is 0 Å². The van der Waals surface area contributed by atoms with Crippen LogP contribution in [0.4, 0.5) is 0 Å². The molecule has 2 aromatic heterocycles. The van der Waals surface area contributed by atoms with Crippen LogP contribution >= 0.6 is 11.6 Å². The molecule has 0 fully saturated rings. The van der Waals surface area contributed by atoms with E-state index in [1.54, 1.807) is 0 Å². The Morgan fingerprint density at radius 3 is 2.00 bits per heavy atom. The molecule has 0 N–H and O–H groups in total. The first-order chi connectivity index (χ1) is 13.8. The second-order valence-corrected chi connectivity index (χ2v) is 7.18. The number of aromatic nitrogens is 2. The number of nitrogens with zero attached hydrogens (tertiary/aromatic N) is 2. The molecule has 3 heteroatoms. The normalized spacial score (nSPS) is 11.0. The standard InChI is InChI=1S/C25H17ClN2/c26-22-13-7-12-20(14-22)21-15-23(18-8-3-1-4-9-18)25-27-24(17-28(25)16-21)19-10-5-2-6-11-19/h1-17H. The first-order valence-corrected chi connectivity index (χ1v) is 9.55. The summed E-state index contributed by atoms with van der Waals surface area (Å²) >= 11 is 6.23. The Balaban J connectivity index is 1.77. The monoisotopic (exact) mass is 380 g/mol. The molecular formula is C25H17ClN2.